The highest BCUT2D eigenvalue weighted by molar-refractivity contribution is 8.00. The zero-order valence-electron chi connectivity index (χ0n) is 12.7. The van der Waals surface area contributed by atoms with Gasteiger partial charge in [-0.25, -0.2) is 9.97 Å². The predicted molar refractivity (Wildman–Crippen MR) is 83.2 cm³/mol. The maximum atomic E-state index is 12.9. The van der Waals surface area contributed by atoms with Gasteiger partial charge in [0.15, 0.2) is 0 Å². The third kappa shape index (κ3) is 4.13. The second-order valence-corrected chi connectivity index (χ2v) is 5.69. The molecule has 0 aliphatic carbocycles. The van der Waals surface area contributed by atoms with Gasteiger partial charge in [0.2, 0.25) is 11.7 Å². The zero-order chi connectivity index (χ0) is 17.0. The first-order chi connectivity index (χ1) is 10.9. The summed E-state index contributed by atoms with van der Waals surface area (Å²) >= 11 is 1.01. The number of hydrogen-bond acceptors (Lipinski definition) is 4. The fourth-order valence-electron chi connectivity index (χ4n) is 2.08. The lowest BCUT2D eigenvalue weighted by Gasteiger charge is -2.18. The average Bonchev–Trinajstić information content (AvgIpc) is 2.52. The fourth-order valence-corrected chi connectivity index (χ4v) is 3.00. The number of fused-ring (bicyclic) bond motifs is 1. The summed E-state index contributed by atoms with van der Waals surface area (Å²) in [4.78, 5) is 20.8. The van der Waals surface area contributed by atoms with Crippen LogP contribution < -0.4 is 0 Å². The summed E-state index contributed by atoms with van der Waals surface area (Å²) in [6.07, 6.45) is -4.62. The van der Waals surface area contributed by atoms with Crippen molar-refractivity contribution >= 4 is 28.6 Å². The highest BCUT2D eigenvalue weighted by atomic mass is 32.2. The number of aromatic nitrogens is 2. The number of halogens is 3. The molecule has 0 saturated heterocycles. The van der Waals surface area contributed by atoms with Crippen LogP contribution in [0.15, 0.2) is 29.3 Å². The molecule has 4 nitrogen and oxygen atoms in total. The number of thioether (sulfide) groups is 1. The lowest BCUT2D eigenvalue weighted by Crippen LogP contribution is -2.31. The van der Waals surface area contributed by atoms with Gasteiger partial charge in [-0.05, 0) is 19.9 Å². The predicted octanol–water partition coefficient (Wildman–Crippen LogP) is 3.61. The van der Waals surface area contributed by atoms with Gasteiger partial charge in [-0.3, -0.25) is 4.79 Å². The van der Waals surface area contributed by atoms with E-state index >= 15 is 0 Å². The quantitative estimate of drug-likeness (QED) is 0.615. The van der Waals surface area contributed by atoms with Crippen LogP contribution in [0.4, 0.5) is 13.2 Å². The molecule has 1 aromatic carbocycles. The van der Waals surface area contributed by atoms with E-state index in [9.17, 15) is 18.0 Å². The van der Waals surface area contributed by atoms with Crippen LogP contribution in [0, 0.1) is 0 Å². The van der Waals surface area contributed by atoms with Gasteiger partial charge in [0.25, 0.3) is 0 Å². The van der Waals surface area contributed by atoms with E-state index in [1.807, 2.05) is 13.8 Å². The van der Waals surface area contributed by atoms with E-state index in [4.69, 9.17) is 0 Å². The van der Waals surface area contributed by atoms with E-state index in [0.717, 1.165) is 11.8 Å². The summed E-state index contributed by atoms with van der Waals surface area (Å²) in [7, 11) is 0. The van der Waals surface area contributed by atoms with E-state index in [1.165, 1.54) is 6.07 Å². The van der Waals surface area contributed by atoms with E-state index < -0.39 is 12.0 Å². The molecule has 0 N–H and O–H groups in total. The molecule has 23 heavy (non-hydrogen) atoms. The summed E-state index contributed by atoms with van der Waals surface area (Å²) < 4.78 is 38.8. The van der Waals surface area contributed by atoms with Crippen LogP contribution >= 0.6 is 11.8 Å². The van der Waals surface area contributed by atoms with Crippen molar-refractivity contribution in [2.75, 3.05) is 18.8 Å². The second kappa shape index (κ2) is 7.16. The second-order valence-electron chi connectivity index (χ2n) is 4.72. The Balaban J connectivity index is 2.33. The normalized spacial score (nSPS) is 11.7. The van der Waals surface area contributed by atoms with Crippen LogP contribution in [-0.4, -0.2) is 39.6 Å². The minimum absolute atomic E-state index is 0.0417. The summed E-state index contributed by atoms with van der Waals surface area (Å²) in [6.45, 7) is 4.84. The summed E-state index contributed by atoms with van der Waals surface area (Å²) in [6, 6.07) is 6.47. The summed E-state index contributed by atoms with van der Waals surface area (Å²) in [5.41, 5.74) is 0.215. The zero-order valence-corrected chi connectivity index (χ0v) is 13.5. The van der Waals surface area contributed by atoms with Gasteiger partial charge in [-0.15, -0.1) is 0 Å². The Bertz CT molecular complexity index is 702. The smallest absolute Gasteiger partial charge is 0.343 e. The van der Waals surface area contributed by atoms with Crippen LogP contribution in [0.5, 0.6) is 0 Å². The molecular formula is C15H16F3N3OS. The first-order valence-corrected chi connectivity index (χ1v) is 8.10. The van der Waals surface area contributed by atoms with Crippen LogP contribution in [0.25, 0.3) is 10.9 Å². The maximum Gasteiger partial charge on any atom is 0.451 e. The van der Waals surface area contributed by atoms with E-state index in [2.05, 4.69) is 9.97 Å². The molecule has 0 unspecified atom stereocenters. The van der Waals surface area contributed by atoms with Crippen molar-refractivity contribution in [2.24, 2.45) is 0 Å². The molecule has 0 radical (unpaired) electrons. The first kappa shape index (κ1) is 17.5. The molecule has 124 valence electrons. The van der Waals surface area contributed by atoms with Crippen molar-refractivity contribution in [3.63, 3.8) is 0 Å². The van der Waals surface area contributed by atoms with Crippen molar-refractivity contribution < 1.29 is 18.0 Å². The summed E-state index contributed by atoms with van der Waals surface area (Å²) in [5.74, 6) is -1.27. The highest BCUT2D eigenvalue weighted by Crippen LogP contribution is 2.32. The van der Waals surface area contributed by atoms with Gasteiger partial charge >= 0.3 is 6.18 Å². The van der Waals surface area contributed by atoms with Gasteiger partial charge in [-0.2, -0.15) is 13.2 Å². The van der Waals surface area contributed by atoms with Crippen molar-refractivity contribution in [1.82, 2.24) is 14.9 Å². The summed E-state index contributed by atoms with van der Waals surface area (Å²) in [5, 5.41) is 0.682. The van der Waals surface area contributed by atoms with Crippen LogP contribution in [0.2, 0.25) is 0 Å². The van der Waals surface area contributed by atoms with Gasteiger partial charge in [0.1, 0.15) is 5.03 Å². The molecule has 1 heterocycles. The molecule has 0 spiro atoms. The van der Waals surface area contributed by atoms with Crippen molar-refractivity contribution in [2.45, 2.75) is 25.0 Å². The minimum atomic E-state index is -4.62. The maximum absolute atomic E-state index is 12.9. The monoisotopic (exact) mass is 343 g/mol. The topological polar surface area (TPSA) is 46.1 Å². The third-order valence-electron chi connectivity index (χ3n) is 3.27. The SMILES string of the molecule is CCN(CC)C(=O)CSc1nc(C(F)(F)F)nc2ccccc12. The molecule has 8 heteroatoms. The lowest BCUT2D eigenvalue weighted by atomic mass is 10.2. The molecule has 2 aromatic rings. The number of carbonyl (C=O) groups is 1. The van der Waals surface area contributed by atoms with Crippen molar-refractivity contribution in [3.8, 4) is 0 Å². The number of para-hydroxylation sites is 1. The van der Waals surface area contributed by atoms with Crippen LogP contribution in [0.3, 0.4) is 0 Å². The molecule has 0 saturated carbocycles. The minimum Gasteiger partial charge on any atom is -0.343 e. The molecule has 1 aromatic heterocycles. The molecule has 0 aliphatic rings. The number of benzene rings is 1. The molecular weight excluding hydrogens is 327 g/mol. The average molecular weight is 343 g/mol. The Morgan fingerprint density at radius 1 is 1.17 bits per heavy atom. The first-order valence-electron chi connectivity index (χ1n) is 7.11. The van der Waals surface area contributed by atoms with Gasteiger partial charge < -0.3 is 4.90 Å². The molecule has 2 rings (SSSR count). The lowest BCUT2D eigenvalue weighted by molar-refractivity contribution is -0.145. The Kier molecular flexibility index (Phi) is 5.46. The Hall–Kier alpha value is -1.83. The van der Waals surface area contributed by atoms with Crippen molar-refractivity contribution in [3.05, 3.63) is 30.1 Å². The Morgan fingerprint density at radius 3 is 2.43 bits per heavy atom. The third-order valence-corrected chi connectivity index (χ3v) is 4.25. The van der Waals surface area contributed by atoms with E-state index in [0.29, 0.717) is 18.5 Å². The molecule has 1 amide bonds. The van der Waals surface area contributed by atoms with E-state index in [1.54, 1.807) is 23.1 Å². The molecule has 0 atom stereocenters. The van der Waals surface area contributed by atoms with Crippen LogP contribution in [0.1, 0.15) is 19.7 Å². The van der Waals surface area contributed by atoms with Crippen LogP contribution in [-0.2, 0) is 11.0 Å². The highest BCUT2D eigenvalue weighted by Gasteiger charge is 2.35. The van der Waals surface area contributed by atoms with Gasteiger partial charge in [-0.1, -0.05) is 30.0 Å². The number of nitrogens with zero attached hydrogens (tertiary/aromatic N) is 3. The van der Waals surface area contributed by atoms with Gasteiger partial charge in [0, 0.05) is 18.5 Å². The number of alkyl halides is 3. The fraction of sp³-hybridized carbons (Fsp3) is 0.400. The molecule has 0 bridgehead atoms. The molecule has 0 aliphatic heterocycles. The number of amides is 1. The molecule has 0 fully saturated rings. The number of carbonyl (C=O) groups excluding carboxylic acids is 1. The van der Waals surface area contributed by atoms with Crippen molar-refractivity contribution in [1.29, 1.82) is 0 Å². The Morgan fingerprint density at radius 2 is 1.83 bits per heavy atom. The number of rotatable bonds is 5. The number of hydrogen-bond donors (Lipinski definition) is 0. The largest absolute Gasteiger partial charge is 0.451 e. The Labute approximate surface area is 136 Å². The van der Waals surface area contributed by atoms with Gasteiger partial charge in [0.05, 0.1) is 11.3 Å². The van der Waals surface area contributed by atoms with E-state index in [-0.39, 0.29) is 22.2 Å². The standard InChI is InChI=1S/C15H16F3N3OS/c1-3-21(4-2)12(22)9-23-13-10-7-5-6-8-11(10)19-14(20-13)15(16,17)18/h5-8H,3-4,9H2,1-2H3.